The molecule has 0 aliphatic carbocycles. The van der Waals surface area contributed by atoms with Gasteiger partial charge in [-0.2, -0.15) is 0 Å². The van der Waals surface area contributed by atoms with Gasteiger partial charge in [0.15, 0.2) is 0 Å². The molecule has 1 saturated heterocycles. The van der Waals surface area contributed by atoms with Gasteiger partial charge in [-0.1, -0.05) is 0 Å². The first kappa shape index (κ1) is 15.1. The van der Waals surface area contributed by atoms with E-state index in [0.717, 1.165) is 60.0 Å². The van der Waals surface area contributed by atoms with Crippen molar-refractivity contribution in [2.45, 2.75) is 18.8 Å². The zero-order valence-electron chi connectivity index (χ0n) is 14.1. The van der Waals surface area contributed by atoms with E-state index in [4.69, 9.17) is 4.98 Å². The second-order valence-corrected chi connectivity index (χ2v) is 6.76. The molecule has 4 aromatic rings. The molecular weight excluding hydrogens is 330 g/mol. The van der Waals surface area contributed by atoms with Gasteiger partial charge in [0.2, 0.25) is 6.41 Å². The van der Waals surface area contributed by atoms with Gasteiger partial charge < -0.3 is 9.88 Å². The minimum atomic E-state index is -0.128. The van der Waals surface area contributed by atoms with Crippen LogP contribution in [0.4, 0.5) is 0 Å². The van der Waals surface area contributed by atoms with Crippen LogP contribution in [0.15, 0.2) is 41.7 Å². The number of aromatic nitrogens is 4. The predicted molar refractivity (Wildman–Crippen MR) is 98.2 cm³/mol. The molecule has 0 aromatic carbocycles. The smallest absolute Gasteiger partial charge is 0.258 e. The highest BCUT2D eigenvalue weighted by Crippen LogP contribution is 2.31. The summed E-state index contributed by atoms with van der Waals surface area (Å²) >= 11 is 0. The Labute approximate surface area is 148 Å². The number of carbonyl (C=O) groups is 1. The zero-order valence-corrected chi connectivity index (χ0v) is 14.1. The molecule has 130 valence electrons. The number of amides is 1. The van der Waals surface area contributed by atoms with Crippen LogP contribution in [0.25, 0.3) is 27.3 Å². The average Bonchev–Trinajstić information content (AvgIpc) is 3.14. The Balaban J connectivity index is 1.77. The van der Waals surface area contributed by atoms with E-state index in [1.54, 1.807) is 18.6 Å². The number of nitrogens with one attached hydrogen (secondary N) is 1. The van der Waals surface area contributed by atoms with Crippen molar-refractivity contribution < 1.29 is 4.79 Å². The lowest BCUT2D eigenvalue weighted by Gasteiger charge is -2.27. The van der Waals surface area contributed by atoms with Crippen LogP contribution >= 0.6 is 0 Å². The summed E-state index contributed by atoms with van der Waals surface area (Å²) in [5.74, 6) is 0.319. The zero-order chi connectivity index (χ0) is 17.7. The standard InChI is InChI=1S/C19H17N5O2/c25-11-23-7-3-12(4-8-23)15-10-24-16-2-6-21-19(26)17(16)14-9-20-5-1-13(14)18(24)22-15/h1-2,5-6,9-12H,3-4,7-8H2,(H,21,26). The minimum absolute atomic E-state index is 0.128. The highest BCUT2D eigenvalue weighted by Gasteiger charge is 2.23. The molecule has 0 bridgehead atoms. The van der Waals surface area contributed by atoms with Gasteiger partial charge >= 0.3 is 0 Å². The van der Waals surface area contributed by atoms with Crippen molar-refractivity contribution in [1.29, 1.82) is 0 Å². The minimum Gasteiger partial charge on any atom is -0.345 e. The number of hydrogen-bond acceptors (Lipinski definition) is 4. The number of nitrogens with zero attached hydrogens (tertiary/aromatic N) is 4. The Bertz CT molecular complexity index is 1200. The number of fused-ring (bicyclic) bond motifs is 6. The second-order valence-electron chi connectivity index (χ2n) is 6.76. The molecule has 0 spiro atoms. The third kappa shape index (κ3) is 2.13. The molecule has 7 heteroatoms. The van der Waals surface area contributed by atoms with E-state index < -0.39 is 0 Å². The quantitative estimate of drug-likeness (QED) is 0.444. The van der Waals surface area contributed by atoms with Crippen molar-refractivity contribution in [3.8, 4) is 0 Å². The molecule has 0 radical (unpaired) electrons. The lowest BCUT2D eigenvalue weighted by Crippen LogP contribution is -2.31. The first-order valence-electron chi connectivity index (χ1n) is 8.71. The summed E-state index contributed by atoms with van der Waals surface area (Å²) in [5, 5.41) is 2.35. The summed E-state index contributed by atoms with van der Waals surface area (Å²) in [7, 11) is 0. The molecule has 1 aliphatic heterocycles. The lowest BCUT2D eigenvalue weighted by molar-refractivity contribution is -0.119. The number of carbonyl (C=O) groups excluding carboxylic acids is 1. The summed E-state index contributed by atoms with van der Waals surface area (Å²) in [4.78, 5) is 37.1. The molecule has 7 nitrogen and oxygen atoms in total. The average molecular weight is 347 g/mol. The Morgan fingerprint density at radius 1 is 1.19 bits per heavy atom. The Hall–Kier alpha value is -3.22. The number of likely N-dealkylation sites (tertiary alicyclic amines) is 1. The molecule has 4 aromatic heterocycles. The Morgan fingerprint density at radius 3 is 2.85 bits per heavy atom. The number of piperidine rings is 1. The van der Waals surface area contributed by atoms with Crippen LogP contribution in [0.5, 0.6) is 0 Å². The first-order valence-corrected chi connectivity index (χ1v) is 8.71. The molecule has 0 unspecified atom stereocenters. The predicted octanol–water partition coefficient (Wildman–Crippen LogP) is 2.06. The van der Waals surface area contributed by atoms with E-state index in [-0.39, 0.29) is 5.56 Å². The van der Waals surface area contributed by atoms with E-state index in [9.17, 15) is 9.59 Å². The molecule has 0 saturated carbocycles. The van der Waals surface area contributed by atoms with E-state index in [1.807, 2.05) is 27.6 Å². The number of hydrogen-bond donors (Lipinski definition) is 1. The van der Waals surface area contributed by atoms with Crippen molar-refractivity contribution in [3.63, 3.8) is 0 Å². The normalized spacial score (nSPS) is 15.9. The molecule has 26 heavy (non-hydrogen) atoms. The monoisotopic (exact) mass is 347 g/mol. The van der Waals surface area contributed by atoms with Crippen LogP contribution in [-0.4, -0.2) is 43.8 Å². The fraction of sp³-hybridized carbons (Fsp3) is 0.263. The fourth-order valence-electron chi connectivity index (χ4n) is 3.99. The largest absolute Gasteiger partial charge is 0.345 e. The summed E-state index contributed by atoms with van der Waals surface area (Å²) in [6, 6.07) is 3.80. The number of aromatic amines is 1. The summed E-state index contributed by atoms with van der Waals surface area (Å²) in [6.07, 6.45) is 9.88. The topological polar surface area (TPSA) is 83.4 Å². The van der Waals surface area contributed by atoms with Crippen molar-refractivity contribution in [2.75, 3.05) is 13.1 Å². The molecule has 1 N–H and O–H groups in total. The second kappa shape index (κ2) is 5.66. The summed E-state index contributed by atoms with van der Waals surface area (Å²) in [5.41, 5.74) is 2.56. The van der Waals surface area contributed by atoms with Crippen LogP contribution in [0, 0.1) is 0 Å². The molecule has 1 fully saturated rings. The van der Waals surface area contributed by atoms with Gasteiger partial charge in [0.25, 0.3) is 5.56 Å². The molecule has 1 aliphatic rings. The summed E-state index contributed by atoms with van der Waals surface area (Å²) < 4.78 is 2.01. The maximum atomic E-state index is 12.5. The fourth-order valence-corrected chi connectivity index (χ4v) is 3.99. The van der Waals surface area contributed by atoms with E-state index in [1.165, 1.54) is 0 Å². The molecule has 1 amide bonds. The maximum Gasteiger partial charge on any atom is 0.258 e. The van der Waals surface area contributed by atoms with Gasteiger partial charge in [0.05, 0.1) is 16.6 Å². The molecule has 0 atom stereocenters. The van der Waals surface area contributed by atoms with Gasteiger partial charge in [-0.3, -0.25) is 19.0 Å². The first-order chi connectivity index (χ1) is 12.8. The van der Waals surface area contributed by atoms with E-state index >= 15 is 0 Å². The molecule has 5 heterocycles. The summed E-state index contributed by atoms with van der Waals surface area (Å²) in [6.45, 7) is 1.51. The van der Waals surface area contributed by atoms with Crippen LogP contribution < -0.4 is 5.56 Å². The van der Waals surface area contributed by atoms with Crippen molar-refractivity contribution in [1.82, 2.24) is 24.3 Å². The van der Waals surface area contributed by atoms with E-state index in [0.29, 0.717) is 11.3 Å². The van der Waals surface area contributed by atoms with Gasteiger partial charge in [-0.15, -0.1) is 0 Å². The maximum absolute atomic E-state index is 12.5. The van der Waals surface area contributed by atoms with Crippen molar-refractivity contribution in [2.24, 2.45) is 0 Å². The van der Waals surface area contributed by atoms with E-state index in [2.05, 4.69) is 9.97 Å². The third-order valence-corrected chi connectivity index (χ3v) is 5.35. The number of pyridine rings is 3. The highest BCUT2D eigenvalue weighted by atomic mass is 16.1. The van der Waals surface area contributed by atoms with Crippen LogP contribution in [0.2, 0.25) is 0 Å². The van der Waals surface area contributed by atoms with Crippen molar-refractivity contribution >= 4 is 33.7 Å². The molecular formula is C19H17N5O2. The van der Waals surface area contributed by atoms with Gasteiger partial charge in [-0.05, 0) is 25.0 Å². The molecule has 5 rings (SSSR count). The Kier molecular flexibility index (Phi) is 3.28. The van der Waals surface area contributed by atoms with Gasteiger partial charge in [0.1, 0.15) is 5.65 Å². The highest BCUT2D eigenvalue weighted by molar-refractivity contribution is 6.10. The van der Waals surface area contributed by atoms with Gasteiger partial charge in [-0.25, -0.2) is 4.98 Å². The van der Waals surface area contributed by atoms with Crippen LogP contribution in [0.3, 0.4) is 0 Å². The van der Waals surface area contributed by atoms with Crippen LogP contribution in [0.1, 0.15) is 24.5 Å². The number of H-pyrrole nitrogens is 1. The number of rotatable bonds is 2. The third-order valence-electron chi connectivity index (χ3n) is 5.35. The lowest BCUT2D eigenvalue weighted by atomic mass is 9.94. The van der Waals surface area contributed by atoms with Crippen molar-refractivity contribution in [3.05, 3.63) is 53.0 Å². The van der Waals surface area contributed by atoms with Crippen LogP contribution in [-0.2, 0) is 4.79 Å². The SMILES string of the molecule is O=CN1CCC(c2cn3c4cc[nH]c(=O)c4c4cnccc4c3n2)CC1. The number of imidazole rings is 1. The Morgan fingerprint density at radius 2 is 2.04 bits per heavy atom. The van der Waals surface area contributed by atoms with Gasteiger partial charge in [0, 0.05) is 54.6 Å².